The summed E-state index contributed by atoms with van der Waals surface area (Å²) in [6.45, 7) is 5.30. The summed E-state index contributed by atoms with van der Waals surface area (Å²) in [4.78, 5) is 25.3. The van der Waals surface area contributed by atoms with Crippen LogP contribution < -0.4 is 10.2 Å². The Balaban J connectivity index is 1.34. The molecular formula is C16H19N7O2. The van der Waals surface area contributed by atoms with Gasteiger partial charge in [-0.2, -0.15) is 0 Å². The molecule has 0 spiro atoms. The summed E-state index contributed by atoms with van der Waals surface area (Å²) >= 11 is 0. The molecule has 1 fully saturated rings. The van der Waals surface area contributed by atoms with Crippen molar-refractivity contribution in [1.82, 2.24) is 24.4 Å². The first kappa shape index (κ1) is 15.6. The molecule has 0 atom stereocenters. The summed E-state index contributed by atoms with van der Waals surface area (Å²) in [7, 11) is 0. The monoisotopic (exact) mass is 341 g/mol. The predicted octanol–water partition coefficient (Wildman–Crippen LogP) is 0.786. The molecule has 0 aliphatic carbocycles. The molecule has 0 bridgehead atoms. The average molecular weight is 341 g/mol. The minimum absolute atomic E-state index is 0.0877. The zero-order chi connectivity index (χ0) is 17.2. The third-order valence-corrected chi connectivity index (χ3v) is 4.23. The smallest absolute Gasteiger partial charge is 0.239 e. The average Bonchev–Trinajstić information content (AvgIpc) is 3.24. The number of aryl methyl sites for hydroxylation is 1. The highest BCUT2D eigenvalue weighted by molar-refractivity contribution is 5.91. The summed E-state index contributed by atoms with van der Waals surface area (Å²) in [5.41, 5.74) is 0.857. The third-order valence-electron chi connectivity index (χ3n) is 4.23. The predicted molar refractivity (Wildman–Crippen MR) is 91.5 cm³/mol. The molecule has 3 aromatic heterocycles. The number of aromatic nitrogens is 4. The molecule has 130 valence electrons. The van der Waals surface area contributed by atoms with Gasteiger partial charge in [0.1, 0.15) is 5.76 Å². The number of nitrogens with one attached hydrogen (secondary N) is 1. The molecule has 4 rings (SSSR count). The fourth-order valence-corrected chi connectivity index (χ4v) is 2.99. The second kappa shape index (κ2) is 6.52. The number of imidazole rings is 1. The van der Waals surface area contributed by atoms with Gasteiger partial charge in [0, 0.05) is 57.0 Å². The highest BCUT2D eigenvalue weighted by Crippen LogP contribution is 2.18. The molecule has 1 saturated heterocycles. The van der Waals surface area contributed by atoms with E-state index < -0.39 is 0 Å². The normalized spacial score (nSPS) is 15.6. The van der Waals surface area contributed by atoms with E-state index in [4.69, 9.17) is 4.52 Å². The first-order chi connectivity index (χ1) is 12.2. The lowest BCUT2D eigenvalue weighted by Crippen LogP contribution is -2.49. The van der Waals surface area contributed by atoms with Crippen molar-refractivity contribution in [3.8, 4) is 0 Å². The summed E-state index contributed by atoms with van der Waals surface area (Å²) < 4.78 is 6.91. The minimum Gasteiger partial charge on any atom is -0.360 e. The second-order valence-electron chi connectivity index (χ2n) is 6.04. The van der Waals surface area contributed by atoms with Crippen LogP contribution in [0.2, 0.25) is 0 Å². The molecular weight excluding hydrogens is 322 g/mol. The molecule has 3 aromatic rings. The summed E-state index contributed by atoms with van der Waals surface area (Å²) in [5, 5.41) is 6.52. The molecule has 4 heterocycles. The molecule has 9 nitrogen and oxygen atoms in total. The first-order valence-electron chi connectivity index (χ1n) is 8.17. The van der Waals surface area contributed by atoms with Gasteiger partial charge in [-0.05, 0) is 6.92 Å². The van der Waals surface area contributed by atoms with E-state index >= 15 is 0 Å². The van der Waals surface area contributed by atoms with Gasteiger partial charge in [-0.15, -0.1) is 0 Å². The Kier molecular flexibility index (Phi) is 4.06. The third kappa shape index (κ3) is 3.31. The van der Waals surface area contributed by atoms with Gasteiger partial charge in [0.25, 0.3) is 0 Å². The quantitative estimate of drug-likeness (QED) is 0.750. The van der Waals surface area contributed by atoms with Gasteiger partial charge in [-0.3, -0.25) is 9.69 Å². The number of carbonyl (C=O) groups excluding carboxylic acids is 1. The lowest BCUT2D eigenvalue weighted by Gasteiger charge is -2.34. The molecule has 1 aliphatic rings. The van der Waals surface area contributed by atoms with Crippen molar-refractivity contribution in [3.05, 3.63) is 36.6 Å². The highest BCUT2D eigenvalue weighted by atomic mass is 16.5. The number of rotatable bonds is 4. The molecule has 0 aromatic carbocycles. The van der Waals surface area contributed by atoms with Crippen LogP contribution >= 0.6 is 0 Å². The Morgan fingerprint density at radius 2 is 1.96 bits per heavy atom. The molecule has 9 heteroatoms. The number of amides is 1. The van der Waals surface area contributed by atoms with Crippen molar-refractivity contribution < 1.29 is 9.32 Å². The number of anilines is 2. The standard InChI is InChI=1S/C16H19N7O2/c1-12-10-13(20-25-12)19-14(24)11-21-6-8-23(9-7-21)16-15-17-2-4-22(15)5-3-18-16/h2-5,10H,6-9,11H2,1H3,(H,19,20,24). The number of fused-ring (bicyclic) bond motifs is 1. The Morgan fingerprint density at radius 3 is 2.68 bits per heavy atom. The van der Waals surface area contributed by atoms with Gasteiger partial charge in [-0.1, -0.05) is 5.16 Å². The van der Waals surface area contributed by atoms with Crippen LogP contribution in [0.3, 0.4) is 0 Å². The van der Waals surface area contributed by atoms with Crippen molar-refractivity contribution in [2.75, 3.05) is 42.9 Å². The van der Waals surface area contributed by atoms with Crippen LogP contribution in [0, 0.1) is 6.92 Å². The summed E-state index contributed by atoms with van der Waals surface area (Å²) in [6.07, 6.45) is 7.35. The highest BCUT2D eigenvalue weighted by Gasteiger charge is 2.22. The molecule has 1 aliphatic heterocycles. The SMILES string of the molecule is Cc1cc(NC(=O)CN2CCN(c3nccn4ccnc34)CC2)no1. The summed E-state index contributed by atoms with van der Waals surface area (Å²) in [5.74, 6) is 1.92. The Hall–Kier alpha value is -2.94. The topological polar surface area (TPSA) is 91.8 Å². The molecule has 1 N–H and O–H groups in total. The molecule has 0 radical (unpaired) electrons. The summed E-state index contributed by atoms with van der Waals surface area (Å²) in [6, 6.07) is 1.70. The van der Waals surface area contributed by atoms with Gasteiger partial charge in [0.05, 0.1) is 6.54 Å². The van der Waals surface area contributed by atoms with E-state index in [2.05, 4.69) is 30.2 Å². The molecule has 0 unspecified atom stereocenters. The van der Waals surface area contributed by atoms with E-state index in [9.17, 15) is 4.79 Å². The number of piperazine rings is 1. The van der Waals surface area contributed by atoms with E-state index in [1.54, 1.807) is 25.4 Å². The van der Waals surface area contributed by atoms with E-state index in [0.29, 0.717) is 18.1 Å². The lowest BCUT2D eigenvalue weighted by molar-refractivity contribution is -0.117. The van der Waals surface area contributed by atoms with Gasteiger partial charge in [-0.25, -0.2) is 9.97 Å². The molecule has 0 saturated carbocycles. The lowest BCUT2D eigenvalue weighted by atomic mass is 10.3. The van der Waals surface area contributed by atoms with E-state index in [0.717, 1.165) is 37.6 Å². The van der Waals surface area contributed by atoms with Crippen LogP contribution in [-0.4, -0.2) is 63.1 Å². The number of nitrogens with zero attached hydrogens (tertiary/aromatic N) is 6. The van der Waals surface area contributed by atoms with Crippen LogP contribution in [0.1, 0.15) is 5.76 Å². The van der Waals surface area contributed by atoms with Gasteiger partial charge < -0.3 is 19.1 Å². The fraction of sp³-hybridized carbons (Fsp3) is 0.375. The van der Waals surface area contributed by atoms with Gasteiger partial charge in [0.15, 0.2) is 17.3 Å². The van der Waals surface area contributed by atoms with Gasteiger partial charge in [0.2, 0.25) is 5.91 Å². The van der Waals surface area contributed by atoms with Crippen molar-refractivity contribution in [2.45, 2.75) is 6.92 Å². The fourth-order valence-electron chi connectivity index (χ4n) is 2.99. The molecule has 1 amide bonds. The zero-order valence-electron chi connectivity index (χ0n) is 13.9. The number of hydrogen-bond donors (Lipinski definition) is 1. The van der Waals surface area contributed by atoms with Crippen molar-refractivity contribution in [1.29, 1.82) is 0 Å². The Morgan fingerprint density at radius 1 is 1.20 bits per heavy atom. The van der Waals surface area contributed by atoms with Crippen LogP contribution in [-0.2, 0) is 4.79 Å². The van der Waals surface area contributed by atoms with Crippen LogP contribution in [0.25, 0.3) is 5.65 Å². The Labute approximate surface area is 144 Å². The van der Waals surface area contributed by atoms with Gasteiger partial charge >= 0.3 is 0 Å². The van der Waals surface area contributed by atoms with E-state index in [1.807, 2.05) is 16.8 Å². The minimum atomic E-state index is -0.0877. The van der Waals surface area contributed by atoms with E-state index in [-0.39, 0.29) is 5.91 Å². The molecule has 25 heavy (non-hydrogen) atoms. The maximum Gasteiger partial charge on any atom is 0.239 e. The second-order valence-corrected chi connectivity index (χ2v) is 6.04. The maximum atomic E-state index is 12.1. The first-order valence-corrected chi connectivity index (χ1v) is 8.17. The largest absolute Gasteiger partial charge is 0.360 e. The maximum absolute atomic E-state index is 12.1. The van der Waals surface area contributed by atoms with E-state index in [1.165, 1.54) is 0 Å². The van der Waals surface area contributed by atoms with Crippen LogP contribution in [0.5, 0.6) is 0 Å². The van der Waals surface area contributed by atoms with Crippen molar-refractivity contribution in [2.24, 2.45) is 0 Å². The van der Waals surface area contributed by atoms with Crippen molar-refractivity contribution in [3.63, 3.8) is 0 Å². The number of hydrogen-bond acceptors (Lipinski definition) is 7. The number of carbonyl (C=O) groups is 1. The Bertz CT molecular complexity index is 879. The van der Waals surface area contributed by atoms with Crippen LogP contribution in [0.4, 0.5) is 11.6 Å². The van der Waals surface area contributed by atoms with Crippen molar-refractivity contribution >= 4 is 23.2 Å². The van der Waals surface area contributed by atoms with Crippen LogP contribution in [0.15, 0.2) is 35.4 Å². The zero-order valence-corrected chi connectivity index (χ0v) is 13.9.